The van der Waals surface area contributed by atoms with E-state index < -0.39 is 17.3 Å². The second kappa shape index (κ2) is 11.4. The number of hydrogen-bond acceptors (Lipinski definition) is 6. The first kappa shape index (κ1) is 25.0. The largest absolute Gasteiger partial charge is 0.396 e. The van der Waals surface area contributed by atoms with Crippen LogP contribution in [-0.4, -0.2) is 54.6 Å². The van der Waals surface area contributed by atoms with Gasteiger partial charge in [0.25, 0.3) is 0 Å². The fourth-order valence-corrected chi connectivity index (χ4v) is 5.46. The third-order valence-electron chi connectivity index (χ3n) is 7.02. The van der Waals surface area contributed by atoms with Crippen LogP contribution in [0.4, 0.5) is 0 Å². The Balaban J connectivity index is 1.99. The lowest BCUT2D eigenvalue weighted by Crippen LogP contribution is -2.58. The van der Waals surface area contributed by atoms with Crippen LogP contribution in [0.25, 0.3) is 0 Å². The summed E-state index contributed by atoms with van der Waals surface area (Å²) in [6, 6.07) is 0. The molecule has 6 heteroatoms. The molecule has 0 bridgehead atoms. The van der Waals surface area contributed by atoms with E-state index in [1.165, 1.54) is 0 Å². The minimum absolute atomic E-state index is 0.0291. The molecule has 2 rings (SSSR count). The Kier molecular flexibility index (Phi) is 9.84. The number of rotatable bonds is 12. The highest BCUT2D eigenvalue weighted by molar-refractivity contribution is 4.95. The SMILES string of the molecule is CCCC(CO)(CCC)C1CCC2(CO1)COC(C(CO)(CCC)CCC)OO2. The number of ether oxygens (including phenoxy) is 2. The predicted molar refractivity (Wildman–Crippen MR) is 112 cm³/mol. The Hall–Kier alpha value is -0.240. The van der Waals surface area contributed by atoms with E-state index in [0.29, 0.717) is 13.2 Å². The maximum atomic E-state index is 10.2. The average Bonchev–Trinajstić information content (AvgIpc) is 2.74. The smallest absolute Gasteiger partial charge is 0.199 e. The molecule has 1 spiro atoms. The summed E-state index contributed by atoms with van der Waals surface area (Å²) >= 11 is 0. The van der Waals surface area contributed by atoms with Crippen LogP contribution in [0.3, 0.4) is 0 Å². The van der Waals surface area contributed by atoms with Gasteiger partial charge in [-0.2, -0.15) is 0 Å². The first-order valence-corrected chi connectivity index (χ1v) is 11.8. The van der Waals surface area contributed by atoms with E-state index in [1.807, 2.05) is 0 Å². The summed E-state index contributed by atoms with van der Waals surface area (Å²) in [5, 5.41) is 20.2. The molecule has 29 heavy (non-hydrogen) atoms. The molecule has 2 fully saturated rings. The predicted octanol–water partition coefficient (Wildman–Crippen LogP) is 4.37. The molecule has 6 nitrogen and oxygen atoms in total. The van der Waals surface area contributed by atoms with Crippen LogP contribution in [0.2, 0.25) is 0 Å². The summed E-state index contributed by atoms with van der Waals surface area (Å²) < 4.78 is 12.4. The molecule has 3 unspecified atom stereocenters. The average molecular weight is 417 g/mol. The lowest BCUT2D eigenvalue weighted by molar-refractivity contribution is -0.500. The summed E-state index contributed by atoms with van der Waals surface area (Å²) in [5.74, 6) is 0. The van der Waals surface area contributed by atoms with E-state index in [4.69, 9.17) is 19.2 Å². The molecule has 0 amide bonds. The Morgan fingerprint density at radius 3 is 1.69 bits per heavy atom. The van der Waals surface area contributed by atoms with Crippen molar-refractivity contribution < 1.29 is 29.5 Å². The Morgan fingerprint density at radius 1 is 0.793 bits per heavy atom. The number of hydrogen-bond donors (Lipinski definition) is 2. The van der Waals surface area contributed by atoms with E-state index in [9.17, 15) is 10.2 Å². The van der Waals surface area contributed by atoms with E-state index in [1.54, 1.807) is 0 Å². The minimum atomic E-state index is -0.591. The highest BCUT2D eigenvalue weighted by atomic mass is 17.2. The van der Waals surface area contributed by atoms with E-state index in [-0.39, 0.29) is 24.7 Å². The molecule has 2 saturated heterocycles. The normalized spacial score (nSPS) is 28.8. The minimum Gasteiger partial charge on any atom is -0.396 e. The molecule has 2 aliphatic rings. The van der Waals surface area contributed by atoms with Gasteiger partial charge in [0.2, 0.25) is 0 Å². The standard InChI is InChI=1S/C23H44O6/c1-5-10-21(15-24,11-6-2)19-9-14-23(17-26-19)18-27-20(28-29-23)22(16-25,12-7-3)13-8-4/h19-20,24-25H,5-18H2,1-4H3. The van der Waals surface area contributed by atoms with Crippen LogP contribution in [0.15, 0.2) is 0 Å². The molecule has 0 aromatic carbocycles. The van der Waals surface area contributed by atoms with Crippen molar-refractivity contribution in [2.45, 2.75) is 110 Å². The highest BCUT2D eigenvalue weighted by Gasteiger charge is 2.51. The molecule has 0 saturated carbocycles. The second-order valence-corrected chi connectivity index (χ2v) is 9.38. The van der Waals surface area contributed by atoms with Crippen molar-refractivity contribution in [3.05, 3.63) is 0 Å². The maximum Gasteiger partial charge on any atom is 0.199 e. The van der Waals surface area contributed by atoms with Crippen molar-refractivity contribution in [1.29, 1.82) is 0 Å². The first-order valence-electron chi connectivity index (χ1n) is 11.8. The van der Waals surface area contributed by atoms with Crippen LogP contribution >= 0.6 is 0 Å². The Morgan fingerprint density at radius 2 is 1.31 bits per heavy atom. The van der Waals surface area contributed by atoms with E-state index in [0.717, 1.165) is 64.2 Å². The zero-order chi connectivity index (χ0) is 21.4. The fourth-order valence-electron chi connectivity index (χ4n) is 5.46. The maximum absolute atomic E-state index is 10.2. The van der Waals surface area contributed by atoms with Gasteiger partial charge in [0.15, 0.2) is 11.9 Å². The van der Waals surface area contributed by atoms with Crippen LogP contribution in [0.5, 0.6) is 0 Å². The highest BCUT2D eigenvalue weighted by Crippen LogP contribution is 2.44. The summed E-state index contributed by atoms with van der Waals surface area (Å²) in [6.45, 7) is 9.56. The van der Waals surface area contributed by atoms with Gasteiger partial charge < -0.3 is 19.7 Å². The molecule has 0 aromatic heterocycles. The topological polar surface area (TPSA) is 77.4 Å². The van der Waals surface area contributed by atoms with E-state index in [2.05, 4.69) is 27.7 Å². The van der Waals surface area contributed by atoms with Crippen LogP contribution in [-0.2, 0) is 19.2 Å². The lowest BCUT2D eigenvalue weighted by atomic mass is 9.72. The van der Waals surface area contributed by atoms with Crippen LogP contribution in [0, 0.1) is 10.8 Å². The van der Waals surface area contributed by atoms with Crippen LogP contribution in [0.1, 0.15) is 91.9 Å². The zero-order valence-corrected chi connectivity index (χ0v) is 19.1. The van der Waals surface area contributed by atoms with Gasteiger partial charge >= 0.3 is 0 Å². The molecule has 0 radical (unpaired) electrons. The van der Waals surface area contributed by atoms with Crippen LogP contribution < -0.4 is 0 Å². The zero-order valence-electron chi connectivity index (χ0n) is 19.1. The molecule has 2 aliphatic heterocycles. The van der Waals surface area contributed by atoms with Gasteiger partial charge in [-0.05, 0) is 38.5 Å². The van der Waals surface area contributed by atoms with Crippen molar-refractivity contribution in [1.82, 2.24) is 0 Å². The second-order valence-electron chi connectivity index (χ2n) is 9.38. The van der Waals surface area contributed by atoms with Gasteiger partial charge in [-0.3, -0.25) is 0 Å². The number of aliphatic hydroxyl groups is 2. The molecule has 0 aromatic rings. The third kappa shape index (κ3) is 5.52. The fraction of sp³-hybridized carbons (Fsp3) is 1.00. The lowest BCUT2D eigenvalue weighted by Gasteiger charge is -2.49. The summed E-state index contributed by atoms with van der Waals surface area (Å²) in [6.07, 6.45) is 8.70. The molecule has 172 valence electrons. The summed E-state index contributed by atoms with van der Waals surface area (Å²) in [4.78, 5) is 11.7. The van der Waals surface area contributed by atoms with Gasteiger partial charge in [-0.1, -0.05) is 53.4 Å². The van der Waals surface area contributed by atoms with Gasteiger partial charge in [-0.25, -0.2) is 9.78 Å². The summed E-state index contributed by atoms with van der Waals surface area (Å²) in [5.41, 5.74) is -1.18. The first-order chi connectivity index (χ1) is 14.0. The van der Waals surface area contributed by atoms with Crippen molar-refractivity contribution >= 4 is 0 Å². The van der Waals surface area contributed by atoms with Crippen molar-refractivity contribution in [2.24, 2.45) is 10.8 Å². The molecular formula is C23H44O6. The molecule has 2 heterocycles. The molecule has 0 aliphatic carbocycles. The van der Waals surface area contributed by atoms with Crippen molar-refractivity contribution in [2.75, 3.05) is 26.4 Å². The van der Waals surface area contributed by atoms with Gasteiger partial charge in [0.1, 0.15) is 0 Å². The Bertz CT molecular complexity index is 395. The number of aliphatic hydroxyl groups excluding tert-OH is 2. The van der Waals surface area contributed by atoms with E-state index >= 15 is 0 Å². The quantitative estimate of drug-likeness (QED) is 0.460. The third-order valence-corrected chi connectivity index (χ3v) is 7.02. The van der Waals surface area contributed by atoms with Crippen molar-refractivity contribution in [3.8, 4) is 0 Å². The molecular weight excluding hydrogens is 372 g/mol. The van der Waals surface area contributed by atoms with Gasteiger partial charge in [0, 0.05) is 10.8 Å². The Labute approximate surface area is 177 Å². The van der Waals surface area contributed by atoms with Crippen molar-refractivity contribution in [3.63, 3.8) is 0 Å². The molecule has 2 N–H and O–H groups in total. The molecule has 3 atom stereocenters. The van der Waals surface area contributed by atoms with Gasteiger partial charge in [0.05, 0.1) is 32.5 Å². The summed E-state index contributed by atoms with van der Waals surface area (Å²) in [7, 11) is 0. The monoisotopic (exact) mass is 416 g/mol. The van der Waals surface area contributed by atoms with Gasteiger partial charge in [-0.15, -0.1) is 0 Å².